The van der Waals surface area contributed by atoms with Gasteiger partial charge in [-0.05, 0) is 54.8 Å². The Morgan fingerprint density at radius 2 is 1.76 bits per heavy atom. The smallest absolute Gasteiger partial charge is 0.254 e. The zero-order chi connectivity index (χ0) is 31.0. The number of carbonyl (C=O) groups is 1. The molecule has 0 fully saturated rings. The van der Waals surface area contributed by atoms with Crippen molar-refractivity contribution >= 4 is 17.4 Å². The lowest BCUT2D eigenvalue weighted by Gasteiger charge is -2.23. The fourth-order valence-corrected chi connectivity index (χ4v) is 5.00. The monoisotopic (exact) mass is 607 g/mol. The minimum Gasteiger partial charge on any atom is -0.369 e. The molecule has 1 amide bonds. The standard InChI is InChI=1S/C33H31F2N9O/c34-15-1-2-16-37-31-11-12-32-38-21-30(44(32)41-31)25-7-9-26(10-8-25)33(45)43(18-14-28-19-27(35)13-17-36-28)22-23-3-5-24(6-4-23)29-20-39-42-40-29/h3-13,17,19-21H,1-2,14-16,18,22H2,(H,37,41)(H,39,40,42). The first kappa shape index (κ1) is 29.5. The summed E-state index contributed by atoms with van der Waals surface area (Å²) >= 11 is 0. The van der Waals surface area contributed by atoms with E-state index in [2.05, 4.69) is 35.8 Å². The molecule has 0 unspecified atom stereocenters. The molecule has 45 heavy (non-hydrogen) atoms. The summed E-state index contributed by atoms with van der Waals surface area (Å²) in [6.07, 6.45) is 6.44. The zero-order valence-electron chi connectivity index (χ0n) is 24.4. The maximum absolute atomic E-state index is 13.8. The fourth-order valence-electron chi connectivity index (χ4n) is 5.00. The molecule has 2 aromatic carbocycles. The summed E-state index contributed by atoms with van der Waals surface area (Å²) in [7, 11) is 0. The number of unbranched alkanes of at least 4 members (excludes halogenated alkanes) is 1. The van der Waals surface area contributed by atoms with E-state index in [4.69, 9.17) is 0 Å². The SMILES string of the molecule is O=C(c1ccc(-c2cnc3ccc(NCCCCF)nn23)cc1)N(CCc1cc(F)ccn1)Cc1ccc(-c2cn[nH]n2)cc1. The topological polar surface area (TPSA) is 117 Å². The molecular formula is C33H31F2N9O. The van der Waals surface area contributed by atoms with E-state index >= 15 is 0 Å². The molecule has 12 heteroatoms. The summed E-state index contributed by atoms with van der Waals surface area (Å²) < 4.78 is 28.0. The number of amides is 1. The van der Waals surface area contributed by atoms with Gasteiger partial charge in [-0.25, -0.2) is 13.9 Å². The molecule has 0 bridgehead atoms. The molecule has 6 aromatic rings. The van der Waals surface area contributed by atoms with E-state index in [1.807, 2.05) is 48.5 Å². The quantitative estimate of drug-likeness (QED) is 0.160. The number of halogens is 2. The van der Waals surface area contributed by atoms with E-state index < -0.39 is 0 Å². The van der Waals surface area contributed by atoms with Crippen molar-refractivity contribution in [1.29, 1.82) is 0 Å². The van der Waals surface area contributed by atoms with Gasteiger partial charge in [-0.1, -0.05) is 36.4 Å². The predicted molar refractivity (Wildman–Crippen MR) is 167 cm³/mol. The van der Waals surface area contributed by atoms with Crippen molar-refractivity contribution in [3.05, 3.63) is 114 Å². The van der Waals surface area contributed by atoms with Crippen LogP contribution in [0.5, 0.6) is 0 Å². The van der Waals surface area contributed by atoms with E-state index in [0.29, 0.717) is 61.6 Å². The lowest BCUT2D eigenvalue weighted by Crippen LogP contribution is -2.32. The van der Waals surface area contributed by atoms with Crippen LogP contribution in [0, 0.1) is 5.82 Å². The van der Waals surface area contributed by atoms with Crippen molar-refractivity contribution in [3.8, 4) is 22.5 Å². The summed E-state index contributed by atoms with van der Waals surface area (Å²) in [4.78, 5) is 24.3. The number of benzene rings is 2. The van der Waals surface area contributed by atoms with Crippen LogP contribution in [0.2, 0.25) is 0 Å². The largest absolute Gasteiger partial charge is 0.369 e. The maximum Gasteiger partial charge on any atom is 0.254 e. The lowest BCUT2D eigenvalue weighted by atomic mass is 10.1. The minimum absolute atomic E-state index is 0.158. The normalized spacial score (nSPS) is 11.2. The Bertz CT molecular complexity index is 1860. The average molecular weight is 608 g/mol. The summed E-state index contributed by atoms with van der Waals surface area (Å²) in [6.45, 7) is 0.993. The first-order valence-corrected chi connectivity index (χ1v) is 14.7. The first-order chi connectivity index (χ1) is 22.1. The van der Waals surface area contributed by atoms with Crippen LogP contribution in [0.4, 0.5) is 14.6 Å². The fraction of sp³-hybridized carbons (Fsp3) is 0.212. The van der Waals surface area contributed by atoms with Crippen LogP contribution in [0.25, 0.3) is 28.2 Å². The van der Waals surface area contributed by atoms with Crippen LogP contribution in [0.15, 0.2) is 91.4 Å². The molecular weight excluding hydrogens is 576 g/mol. The van der Waals surface area contributed by atoms with Gasteiger partial charge in [-0.15, -0.1) is 5.10 Å². The number of anilines is 1. The molecule has 4 aromatic heterocycles. The lowest BCUT2D eigenvalue weighted by molar-refractivity contribution is 0.0744. The van der Waals surface area contributed by atoms with Crippen molar-refractivity contribution in [2.75, 3.05) is 25.1 Å². The summed E-state index contributed by atoms with van der Waals surface area (Å²) in [6, 6.07) is 21.5. The Labute approximate surface area is 258 Å². The number of aromatic nitrogens is 7. The van der Waals surface area contributed by atoms with Crippen LogP contribution in [0.1, 0.15) is 34.5 Å². The molecule has 6 rings (SSSR count). The summed E-state index contributed by atoms with van der Waals surface area (Å²) in [5.74, 6) is 0.151. The third-order valence-electron chi connectivity index (χ3n) is 7.40. The van der Waals surface area contributed by atoms with Gasteiger partial charge in [0.1, 0.15) is 17.3 Å². The molecule has 0 radical (unpaired) electrons. The number of rotatable bonds is 13. The number of carbonyl (C=O) groups excluding carboxylic acids is 1. The van der Waals surface area contributed by atoms with Crippen LogP contribution in [-0.4, -0.2) is 65.6 Å². The van der Waals surface area contributed by atoms with Gasteiger partial charge in [0.15, 0.2) is 5.65 Å². The Morgan fingerprint density at radius 3 is 2.51 bits per heavy atom. The number of fused-ring (bicyclic) bond motifs is 1. The van der Waals surface area contributed by atoms with Gasteiger partial charge in [0.05, 0.1) is 24.8 Å². The number of aromatic amines is 1. The van der Waals surface area contributed by atoms with Crippen molar-refractivity contribution in [1.82, 2.24) is 39.9 Å². The highest BCUT2D eigenvalue weighted by Crippen LogP contribution is 2.23. The summed E-state index contributed by atoms with van der Waals surface area (Å²) in [5, 5.41) is 18.5. The van der Waals surface area contributed by atoms with Gasteiger partial charge < -0.3 is 10.2 Å². The Morgan fingerprint density at radius 1 is 0.933 bits per heavy atom. The van der Waals surface area contributed by atoms with Crippen molar-refractivity contribution < 1.29 is 13.6 Å². The second-order valence-electron chi connectivity index (χ2n) is 10.5. The van der Waals surface area contributed by atoms with E-state index in [0.717, 1.165) is 28.1 Å². The predicted octanol–water partition coefficient (Wildman–Crippen LogP) is 5.76. The zero-order valence-corrected chi connectivity index (χ0v) is 24.4. The van der Waals surface area contributed by atoms with E-state index in [9.17, 15) is 13.6 Å². The highest BCUT2D eigenvalue weighted by Gasteiger charge is 2.18. The number of alkyl halides is 1. The van der Waals surface area contributed by atoms with E-state index in [-0.39, 0.29) is 18.4 Å². The van der Waals surface area contributed by atoms with Crippen molar-refractivity contribution in [3.63, 3.8) is 0 Å². The molecule has 0 atom stereocenters. The number of nitrogens with one attached hydrogen (secondary N) is 2. The Balaban J connectivity index is 1.21. The molecule has 4 heterocycles. The van der Waals surface area contributed by atoms with Gasteiger partial charge in [-0.3, -0.25) is 14.2 Å². The number of imidazole rings is 1. The van der Waals surface area contributed by atoms with Gasteiger partial charge >= 0.3 is 0 Å². The second kappa shape index (κ2) is 13.8. The van der Waals surface area contributed by atoms with Crippen LogP contribution >= 0.6 is 0 Å². The molecule has 0 spiro atoms. The molecule has 0 saturated heterocycles. The molecule has 228 valence electrons. The Hall–Kier alpha value is -5.52. The van der Waals surface area contributed by atoms with Crippen molar-refractivity contribution in [2.24, 2.45) is 0 Å². The van der Waals surface area contributed by atoms with Gasteiger partial charge in [0, 0.05) is 54.6 Å². The van der Waals surface area contributed by atoms with Crippen LogP contribution < -0.4 is 5.32 Å². The molecule has 0 aliphatic rings. The maximum atomic E-state index is 13.8. The number of hydrogen-bond donors (Lipinski definition) is 2. The van der Waals surface area contributed by atoms with Gasteiger partial charge in [-0.2, -0.15) is 15.4 Å². The number of pyridine rings is 1. The third kappa shape index (κ3) is 7.18. The first-order valence-electron chi connectivity index (χ1n) is 14.7. The van der Waals surface area contributed by atoms with Gasteiger partial charge in [0.2, 0.25) is 0 Å². The second-order valence-corrected chi connectivity index (χ2v) is 10.5. The number of H-pyrrole nitrogens is 1. The Kier molecular flexibility index (Phi) is 9.09. The van der Waals surface area contributed by atoms with Crippen LogP contribution in [-0.2, 0) is 13.0 Å². The third-order valence-corrected chi connectivity index (χ3v) is 7.40. The number of hydrogen-bond acceptors (Lipinski definition) is 7. The van der Waals surface area contributed by atoms with E-state index in [1.54, 1.807) is 33.9 Å². The van der Waals surface area contributed by atoms with E-state index in [1.165, 1.54) is 18.3 Å². The summed E-state index contributed by atoms with van der Waals surface area (Å²) in [5.41, 5.74) is 5.97. The highest BCUT2D eigenvalue weighted by atomic mass is 19.1. The number of nitrogens with zero attached hydrogens (tertiary/aromatic N) is 7. The van der Waals surface area contributed by atoms with Crippen molar-refractivity contribution in [2.45, 2.75) is 25.8 Å². The minimum atomic E-state index is -0.363. The average Bonchev–Trinajstić information content (AvgIpc) is 3.76. The molecule has 0 aliphatic carbocycles. The molecule has 0 saturated carbocycles. The van der Waals surface area contributed by atoms with Gasteiger partial charge in [0.25, 0.3) is 5.91 Å². The van der Waals surface area contributed by atoms with Crippen LogP contribution in [0.3, 0.4) is 0 Å². The highest BCUT2D eigenvalue weighted by molar-refractivity contribution is 5.94. The molecule has 2 N–H and O–H groups in total. The molecule has 0 aliphatic heterocycles. The molecule has 10 nitrogen and oxygen atoms in total.